The summed E-state index contributed by atoms with van der Waals surface area (Å²) in [6.45, 7) is -4.55. The summed E-state index contributed by atoms with van der Waals surface area (Å²) in [5, 5.41) is 18.3. The number of nitrogens with one attached hydrogen (secondary N) is 2. The number of hydrogen-bond acceptors (Lipinski definition) is 5. The lowest BCUT2D eigenvalue weighted by Crippen LogP contribution is -2.66. The molecule has 0 spiro atoms. The normalized spacial score (nSPS) is 15.7. The van der Waals surface area contributed by atoms with Crippen LogP contribution in [0, 0.1) is 0 Å². The summed E-state index contributed by atoms with van der Waals surface area (Å²) in [4.78, 5) is 22.0. The van der Waals surface area contributed by atoms with Crippen LogP contribution in [0.1, 0.15) is 0 Å². The van der Waals surface area contributed by atoms with Gasteiger partial charge in [-0.15, -0.1) is 0 Å². The van der Waals surface area contributed by atoms with Crippen molar-refractivity contribution in [2.24, 2.45) is 0 Å². The van der Waals surface area contributed by atoms with Gasteiger partial charge in [-0.3, -0.25) is 14.3 Å². The lowest BCUT2D eigenvalue weighted by Gasteiger charge is -2.35. The molecule has 0 fully saturated rings. The van der Waals surface area contributed by atoms with E-state index in [0.29, 0.717) is 0 Å². The van der Waals surface area contributed by atoms with Crippen LogP contribution in [0.4, 0.5) is 43.9 Å². The Morgan fingerprint density at radius 3 is 1.50 bits per heavy atom. The maximum Gasteiger partial charge on any atom is 0.458 e. The molecule has 2 amide bonds. The van der Waals surface area contributed by atoms with Crippen LogP contribution in [0.3, 0.4) is 0 Å². The molecule has 0 saturated heterocycles. The molecule has 4 N–H and O–H groups in total. The Balaban J connectivity index is 5.97. The number of amides is 2. The third-order valence-corrected chi connectivity index (χ3v) is 2.77. The Morgan fingerprint density at radius 2 is 1.14 bits per heavy atom. The summed E-state index contributed by atoms with van der Waals surface area (Å²) in [6, 6.07) is 0. The predicted molar refractivity (Wildman–Crippen MR) is 66.0 cm³/mol. The first-order valence-corrected chi connectivity index (χ1v) is 6.80. The van der Waals surface area contributed by atoms with Crippen molar-refractivity contribution in [1.29, 1.82) is 0 Å². The molecule has 0 radical (unpaired) electrons. The van der Waals surface area contributed by atoms with Crippen molar-refractivity contribution in [3.8, 4) is 0 Å². The van der Waals surface area contributed by atoms with E-state index in [9.17, 15) is 53.5 Å². The predicted octanol–water partition coefficient (Wildman–Crippen LogP) is 0.311. The van der Waals surface area contributed by atoms with Gasteiger partial charge >= 0.3 is 30.0 Å². The van der Waals surface area contributed by atoms with Gasteiger partial charge < -0.3 is 20.8 Å². The number of aliphatic hydroxyl groups excluding tert-OH is 2. The van der Waals surface area contributed by atoms with Crippen molar-refractivity contribution in [3.05, 3.63) is 0 Å². The van der Waals surface area contributed by atoms with Gasteiger partial charge in [0, 0.05) is 13.1 Å². The molecular weight excluding hydrogens is 430 g/mol. The quantitative estimate of drug-likeness (QED) is 0.365. The number of halogens is 10. The van der Waals surface area contributed by atoms with Crippen molar-refractivity contribution in [1.82, 2.24) is 10.6 Å². The van der Waals surface area contributed by atoms with Crippen molar-refractivity contribution in [2.75, 3.05) is 26.3 Å². The van der Waals surface area contributed by atoms with Crippen molar-refractivity contribution < 1.29 is 68.4 Å². The number of alkyl halides is 10. The molecule has 0 aliphatic carbocycles. The van der Waals surface area contributed by atoms with E-state index in [4.69, 9.17) is 10.2 Å². The summed E-state index contributed by atoms with van der Waals surface area (Å²) in [6.07, 6.45) is -13.8. The van der Waals surface area contributed by atoms with Crippen LogP contribution < -0.4 is 10.6 Å². The zero-order chi connectivity index (χ0) is 22.6. The average Bonchev–Trinajstić information content (AvgIpc) is 2.55. The highest BCUT2D eigenvalue weighted by molar-refractivity contribution is 5.85. The van der Waals surface area contributed by atoms with Crippen LogP contribution in [-0.4, -0.2) is 78.3 Å². The van der Waals surface area contributed by atoms with Gasteiger partial charge in [0.1, 0.15) is 0 Å². The van der Waals surface area contributed by atoms with Crippen LogP contribution in [-0.2, 0) is 14.3 Å². The van der Waals surface area contributed by atoms with Gasteiger partial charge in [-0.05, 0) is 0 Å². The summed E-state index contributed by atoms with van der Waals surface area (Å²) in [7, 11) is 0. The Morgan fingerprint density at radius 1 is 0.750 bits per heavy atom. The van der Waals surface area contributed by atoms with Crippen LogP contribution in [0.2, 0.25) is 0 Å². The van der Waals surface area contributed by atoms with Gasteiger partial charge in [0.25, 0.3) is 11.8 Å². The molecule has 0 bridgehead atoms. The number of carbonyl (C=O) groups is 2. The minimum absolute atomic E-state index is 0.861. The standard InChI is InChI=1S/C11H12F10N2O5/c12-7(13,5(26)22-1-3-24)9(15,16)11(20,21)28-8(14,10(17,18)19)6(27)23-2-4-25/h24-25H,1-4H2,(H,22,26)(H,23,27)/t8-/m1/s1. The third kappa shape index (κ3) is 4.93. The van der Waals surface area contributed by atoms with E-state index >= 15 is 0 Å². The molecule has 0 rings (SSSR count). The summed E-state index contributed by atoms with van der Waals surface area (Å²) in [5.41, 5.74) is 0. The molecule has 1 atom stereocenters. The average molecular weight is 442 g/mol. The van der Waals surface area contributed by atoms with Crippen LogP contribution in [0.5, 0.6) is 0 Å². The summed E-state index contributed by atoms with van der Waals surface area (Å²) in [5.74, 6) is -26.1. The van der Waals surface area contributed by atoms with Crippen molar-refractivity contribution >= 4 is 11.8 Å². The Kier molecular flexibility index (Phi) is 8.06. The number of carbonyl (C=O) groups excluding carboxylic acids is 2. The molecule has 0 aromatic carbocycles. The van der Waals surface area contributed by atoms with E-state index in [0.717, 1.165) is 10.6 Å². The van der Waals surface area contributed by atoms with E-state index in [1.807, 2.05) is 0 Å². The first-order valence-electron chi connectivity index (χ1n) is 6.80. The topological polar surface area (TPSA) is 108 Å². The molecule has 7 nitrogen and oxygen atoms in total. The Bertz CT molecular complexity index is 570. The number of rotatable bonds is 10. The summed E-state index contributed by atoms with van der Waals surface area (Å²) < 4.78 is 134. The van der Waals surface area contributed by atoms with E-state index in [1.165, 1.54) is 0 Å². The highest BCUT2D eigenvalue weighted by atomic mass is 19.4. The largest absolute Gasteiger partial charge is 0.458 e. The highest BCUT2D eigenvalue weighted by Gasteiger charge is 2.80. The SMILES string of the molecule is O=C(NCCO)C(F)(F)C(F)(F)C(F)(F)O[C@](F)(C(=O)NCCO)C(F)(F)F. The van der Waals surface area contributed by atoms with E-state index in [1.54, 1.807) is 0 Å². The number of aliphatic hydroxyl groups is 2. The van der Waals surface area contributed by atoms with Crippen molar-refractivity contribution in [2.45, 2.75) is 30.0 Å². The zero-order valence-corrected chi connectivity index (χ0v) is 13.2. The third-order valence-electron chi connectivity index (χ3n) is 2.77. The monoisotopic (exact) mass is 442 g/mol. The van der Waals surface area contributed by atoms with E-state index in [-0.39, 0.29) is 0 Å². The highest BCUT2D eigenvalue weighted by Crippen LogP contribution is 2.50. The molecule has 0 aromatic rings. The maximum absolute atomic E-state index is 13.8. The second kappa shape index (κ2) is 8.64. The second-order valence-electron chi connectivity index (χ2n) is 4.82. The minimum Gasteiger partial charge on any atom is -0.395 e. The van der Waals surface area contributed by atoms with E-state index in [2.05, 4.69) is 4.74 Å². The molecule has 0 heterocycles. The van der Waals surface area contributed by atoms with Gasteiger partial charge in [0.2, 0.25) is 0 Å². The fourth-order valence-corrected chi connectivity index (χ4v) is 1.36. The first-order chi connectivity index (χ1) is 12.4. The maximum atomic E-state index is 13.8. The van der Waals surface area contributed by atoms with Crippen molar-refractivity contribution in [3.63, 3.8) is 0 Å². The number of hydrogen-bond donors (Lipinski definition) is 4. The van der Waals surface area contributed by atoms with E-state index < -0.39 is 68.1 Å². The zero-order valence-electron chi connectivity index (χ0n) is 13.2. The minimum atomic E-state index is -7.08. The van der Waals surface area contributed by atoms with Gasteiger partial charge in [0.15, 0.2) is 0 Å². The molecule has 166 valence electrons. The second-order valence-corrected chi connectivity index (χ2v) is 4.82. The smallest absolute Gasteiger partial charge is 0.395 e. The lowest BCUT2D eigenvalue weighted by atomic mass is 10.1. The first kappa shape index (κ1) is 26.1. The molecule has 0 aromatic heterocycles. The van der Waals surface area contributed by atoms with Gasteiger partial charge in [-0.25, -0.2) is 0 Å². The molecule has 17 heteroatoms. The molecule has 0 saturated carbocycles. The van der Waals surface area contributed by atoms with Gasteiger partial charge in [-0.2, -0.15) is 43.9 Å². The summed E-state index contributed by atoms with van der Waals surface area (Å²) >= 11 is 0. The Hall–Kier alpha value is -1.88. The van der Waals surface area contributed by atoms with Crippen LogP contribution in [0.25, 0.3) is 0 Å². The Labute approximate surface area is 148 Å². The molecule has 0 aliphatic rings. The van der Waals surface area contributed by atoms with Gasteiger partial charge in [0.05, 0.1) is 13.2 Å². The molecule has 0 unspecified atom stereocenters. The fourth-order valence-electron chi connectivity index (χ4n) is 1.36. The number of ether oxygens (including phenoxy) is 1. The van der Waals surface area contributed by atoms with Crippen LogP contribution in [0.15, 0.2) is 0 Å². The molecule has 28 heavy (non-hydrogen) atoms. The lowest BCUT2D eigenvalue weighted by molar-refractivity contribution is -0.455. The fraction of sp³-hybridized carbons (Fsp3) is 0.818. The molecule has 0 aliphatic heterocycles. The molecular formula is C11H12F10N2O5. The van der Waals surface area contributed by atoms with Crippen LogP contribution >= 0.6 is 0 Å². The van der Waals surface area contributed by atoms with Gasteiger partial charge in [-0.1, -0.05) is 0 Å².